The number of hydrogen-bond acceptors (Lipinski definition) is 4. The molecule has 0 aliphatic carbocycles. The number of methoxy groups -OCH3 is 2. The maximum atomic E-state index is 5.94. The van der Waals surface area contributed by atoms with E-state index in [1.54, 1.807) is 14.2 Å². The third-order valence-corrected chi connectivity index (χ3v) is 5.30. The summed E-state index contributed by atoms with van der Waals surface area (Å²) >= 11 is 7.78. The zero-order valence-electron chi connectivity index (χ0n) is 13.0. The molecule has 2 aromatic carbocycles. The van der Waals surface area contributed by atoms with Crippen molar-refractivity contribution in [2.24, 2.45) is 4.99 Å². The largest absolute Gasteiger partial charge is 0.497 e. The van der Waals surface area contributed by atoms with Crippen molar-refractivity contribution in [3.8, 4) is 11.5 Å². The molecule has 0 spiro atoms. The monoisotopic (exact) mass is 347 g/mol. The van der Waals surface area contributed by atoms with Crippen LogP contribution in [0.2, 0.25) is 5.02 Å². The van der Waals surface area contributed by atoms with Crippen LogP contribution in [0.1, 0.15) is 16.5 Å². The number of halogens is 1. The number of ether oxygens (including phenoxy) is 2. The molecule has 0 radical (unpaired) electrons. The minimum absolute atomic E-state index is 0.140. The summed E-state index contributed by atoms with van der Waals surface area (Å²) in [6.07, 6.45) is 2.92. The van der Waals surface area contributed by atoms with Gasteiger partial charge in [-0.25, -0.2) is 0 Å². The minimum Gasteiger partial charge on any atom is -0.497 e. The number of thioether (sulfide) groups is 1. The fraction of sp³-hybridized carbons (Fsp3) is 0.278. The van der Waals surface area contributed by atoms with Crippen molar-refractivity contribution in [2.75, 3.05) is 14.2 Å². The minimum atomic E-state index is 0.140. The maximum Gasteiger partial charge on any atom is 0.125 e. The summed E-state index contributed by atoms with van der Waals surface area (Å²) in [6.45, 7) is 0. The normalized spacial score (nSPS) is 19.8. The molecule has 2 atom stereocenters. The highest BCUT2D eigenvalue weighted by molar-refractivity contribution is 8.01. The van der Waals surface area contributed by atoms with E-state index in [2.05, 4.69) is 11.1 Å². The van der Waals surface area contributed by atoms with Gasteiger partial charge in [-0.3, -0.25) is 4.99 Å². The molecule has 1 aliphatic rings. The van der Waals surface area contributed by atoms with Gasteiger partial charge in [-0.2, -0.15) is 0 Å². The van der Waals surface area contributed by atoms with E-state index in [0.717, 1.165) is 28.5 Å². The highest BCUT2D eigenvalue weighted by Gasteiger charge is 2.23. The van der Waals surface area contributed by atoms with Crippen LogP contribution >= 0.6 is 23.4 Å². The zero-order valence-corrected chi connectivity index (χ0v) is 14.6. The molecule has 0 amide bonds. The van der Waals surface area contributed by atoms with Crippen molar-refractivity contribution in [3.63, 3.8) is 0 Å². The maximum absolute atomic E-state index is 5.94. The molecule has 0 fully saturated rings. The molecule has 3 nitrogen and oxygen atoms in total. The van der Waals surface area contributed by atoms with Gasteiger partial charge in [0.2, 0.25) is 0 Å². The first-order chi connectivity index (χ1) is 11.2. The second-order valence-electron chi connectivity index (χ2n) is 5.26. The van der Waals surface area contributed by atoms with E-state index < -0.39 is 0 Å². The van der Waals surface area contributed by atoms with Crippen molar-refractivity contribution in [1.29, 1.82) is 0 Å². The summed E-state index contributed by atoms with van der Waals surface area (Å²) in [7, 11) is 3.34. The molecule has 0 bridgehead atoms. The van der Waals surface area contributed by atoms with Crippen molar-refractivity contribution in [3.05, 3.63) is 58.6 Å². The highest BCUT2D eigenvalue weighted by Crippen LogP contribution is 2.40. The lowest BCUT2D eigenvalue weighted by Gasteiger charge is -2.14. The van der Waals surface area contributed by atoms with Crippen molar-refractivity contribution >= 4 is 29.6 Å². The Labute approximate surface area is 145 Å². The van der Waals surface area contributed by atoms with E-state index in [-0.39, 0.29) is 5.37 Å². The first-order valence-electron chi connectivity index (χ1n) is 7.34. The van der Waals surface area contributed by atoms with E-state index in [9.17, 15) is 0 Å². The number of nitrogens with zero attached hydrogens (tertiary/aromatic N) is 1. The van der Waals surface area contributed by atoms with Crippen molar-refractivity contribution < 1.29 is 9.47 Å². The second-order valence-corrected chi connectivity index (χ2v) is 7.02. The Bertz CT molecular complexity index is 703. The van der Waals surface area contributed by atoms with Crippen LogP contribution in [-0.2, 0) is 6.42 Å². The van der Waals surface area contributed by atoms with Gasteiger partial charge < -0.3 is 9.47 Å². The summed E-state index contributed by atoms with van der Waals surface area (Å²) in [5, 5.41) is 1.22. The van der Waals surface area contributed by atoms with E-state index >= 15 is 0 Å². The average molecular weight is 348 g/mol. The van der Waals surface area contributed by atoms with Crippen LogP contribution in [0, 0.1) is 0 Å². The molecule has 3 rings (SSSR count). The molecular formula is C18H18ClNO2S. The van der Waals surface area contributed by atoms with E-state index in [1.165, 1.54) is 5.56 Å². The smallest absolute Gasteiger partial charge is 0.125 e. The van der Waals surface area contributed by atoms with Crippen LogP contribution < -0.4 is 9.47 Å². The number of hydrogen-bond donors (Lipinski definition) is 0. The fourth-order valence-corrected chi connectivity index (χ4v) is 3.87. The SMILES string of the molecule is COc1ccc(CC2C=NC(c3ccc(Cl)cc3)S2)c(OC)c1. The van der Waals surface area contributed by atoms with Crippen LogP contribution in [-0.4, -0.2) is 25.7 Å². The molecule has 2 unspecified atom stereocenters. The number of rotatable bonds is 5. The number of aliphatic imine (C=N–C) groups is 1. The van der Waals surface area contributed by atoms with E-state index in [0.29, 0.717) is 5.25 Å². The summed E-state index contributed by atoms with van der Waals surface area (Å²) in [5.41, 5.74) is 2.34. The summed E-state index contributed by atoms with van der Waals surface area (Å²) in [4.78, 5) is 4.63. The summed E-state index contributed by atoms with van der Waals surface area (Å²) < 4.78 is 10.7. The van der Waals surface area contributed by atoms with Gasteiger partial charge in [0, 0.05) is 22.6 Å². The standard InChI is InChI=1S/C18H18ClNO2S/c1-21-15-8-5-13(17(10-15)22-2)9-16-11-20-18(23-16)12-3-6-14(19)7-4-12/h3-8,10-11,16,18H,9H2,1-2H3. The van der Waals surface area contributed by atoms with Crippen LogP contribution in [0.4, 0.5) is 0 Å². The fourth-order valence-electron chi connectivity index (χ4n) is 2.54. The lowest BCUT2D eigenvalue weighted by atomic mass is 10.1. The molecule has 0 saturated carbocycles. The third-order valence-electron chi connectivity index (χ3n) is 3.76. The topological polar surface area (TPSA) is 30.8 Å². The first kappa shape index (κ1) is 16.2. The lowest BCUT2D eigenvalue weighted by molar-refractivity contribution is 0.391. The molecule has 2 aromatic rings. The van der Waals surface area contributed by atoms with Gasteiger partial charge in [0.1, 0.15) is 16.9 Å². The first-order valence-corrected chi connectivity index (χ1v) is 8.67. The van der Waals surface area contributed by atoms with Gasteiger partial charge in [-0.1, -0.05) is 29.8 Å². The predicted molar refractivity (Wildman–Crippen MR) is 97.3 cm³/mol. The Morgan fingerprint density at radius 1 is 1.09 bits per heavy atom. The molecule has 1 aliphatic heterocycles. The van der Waals surface area contributed by atoms with Gasteiger partial charge in [0.15, 0.2) is 0 Å². The quantitative estimate of drug-likeness (QED) is 0.779. The van der Waals surface area contributed by atoms with Gasteiger partial charge in [-0.15, -0.1) is 11.8 Å². The third kappa shape index (κ3) is 3.82. The van der Waals surface area contributed by atoms with Gasteiger partial charge >= 0.3 is 0 Å². The molecule has 23 heavy (non-hydrogen) atoms. The molecular weight excluding hydrogens is 330 g/mol. The number of benzene rings is 2. The van der Waals surface area contributed by atoms with Gasteiger partial charge in [-0.05, 0) is 35.7 Å². The van der Waals surface area contributed by atoms with Crippen LogP contribution in [0.3, 0.4) is 0 Å². The Kier molecular flexibility index (Phi) is 5.13. The Morgan fingerprint density at radius 3 is 2.57 bits per heavy atom. The van der Waals surface area contributed by atoms with E-state index in [1.807, 2.05) is 54.4 Å². The van der Waals surface area contributed by atoms with E-state index in [4.69, 9.17) is 21.1 Å². The molecule has 0 aromatic heterocycles. The second kappa shape index (κ2) is 7.28. The summed E-state index contributed by atoms with van der Waals surface area (Å²) in [5.74, 6) is 1.66. The zero-order chi connectivity index (χ0) is 16.2. The van der Waals surface area contributed by atoms with Crippen LogP contribution in [0.25, 0.3) is 0 Å². The Morgan fingerprint density at radius 2 is 1.87 bits per heavy atom. The van der Waals surface area contributed by atoms with Crippen molar-refractivity contribution in [2.45, 2.75) is 17.0 Å². The molecule has 1 heterocycles. The predicted octanol–water partition coefficient (Wildman–Crippen LogP) is 4.78. The Balaban J connectivity index is 1.69. The molecule has 120 valence electrons. The average Bonchev–Trinajstić information content (AvgIpc) is 3.04. The van der Waals surface area contributed by atoms with Gasteiger partial charge in [0.05, 0.1) is 14.2 Å². The lowest BCUT2D eigenvalue weighted by Crippen LogP contribution is -2.06. The summed E-state index contributed by atoms with van der Waals surface area (Å²) in [6, 6.07) is 13.8. The Hall–Kier alpha value is -1.65. The van der Waals surface area contributed by atoms with Gasteiger partial charge in [0.25, 0.3) is 0 Å². The molecule has 0 saturated heterocycles. The molecule has 0 N–H and O–H groups in total. The molecule has 5 heteroatoms. The highest BCUT2D eigenvalue weighted by atomic mass is 35.5. The van der Waals surface area contributed by atoms with Crippen LogP contribution in [0.5, 0.6) is 11.5 Å². The van der Waals surface area contributed by atoms with Crippen LogP contribution in [0.15, 0.2) is 47.5 Å². The van der Waals surface area contributed by atoms with Crippen molar-refractivity contribution in [1.82, 2.24) is 0 Å².